The number of amides is 1. The highest BCUT2D eigenvalue weighted by Gasteiger charge is 2.38. The number of methoxy groups -OCH3 is 2. The zero-order valence-electron chi connectivity index (χ0n) is 12.6. The van der Waals surface area contributed by atoms with Gasteiger partial charge in [0.1, 0.15) is 0 Å². The SMILES string of the molecule is COc1nsc(OC)c1C(=O)N1CCCC1C1CCCC1. The van der Waals surface area contributed by atoms with Crippen molar-refractivity contribution in [3.63, 3.8) is 0 Å². The summed E-state index contributed by atoms with van der Waals surface area (Å²) in [7, 11) is 3.12. The number of ether oxygens (including phenoxy) is 2. The Bertz CT molecular complexity index is 490. The molecule has 5 nitrogen and oxygen atoms in total. The summed E-state index contributed by atoms with van der Waals surface area (Å²) in [5, 5.41) is 0.550. The fourth-order valence-corrected chi connectivity index (χ4v) is 4.41. The highest BCUT2D eigenvalue weighted by Crippen LogP contribution is 2.39. The van der Waals surface area contributed by atoms with Gasteiger partial charge in [0.15, 0.2) is 5.56 Å². The lowest BCUT2D eigenvalue weighted by molar-refractivity contribution is 0.0682. The lowest BCUT2D eigenvalue weighted by atomic mass is 9.96. The smallest absolute Gasteiger partial charge is 0.264 e. The van der Waals surface area contributed by atoms with Gasteiger partial charge in [0.05, 0.1) is 14.2 Å². The maximum Gasteiger partial charge on any atom is 0.264 e. The molecular weight excluding hydrogens is 288 g/mol. The topological polar surface area (TPSA) is 51.7 Å². The van der Waals surface area contributed by atoms with Crippen LogP contribution in [0.25, 0.3) is 0 Å². The van der Waals surface area contributed by atoms with Gasteiger partial charge in [0.2, 0.25) is 10.9 Å². The standard InChI is InChI=1S/C15H22N2O3S/c1-19-13-12(15(20-2)21-16-13)14(18)17-9-5-8-11(17)10-6-3-4-7-10/h10-11H,3-9H2,1-2H3. The van der Waals surface area contributed by atoms with Gasteiger partial charge in [0, 0.05) is 24.1 Å². The monoisotopic (exact) mass is 310 g/mol. The second-order valence-corrected chi connectivity index (χ2v) is 6.55. The van der Waals surface area contributed by atoms with Gasteiger partial charge >= 0.3 is 0 Å². The van der Waals surface area contributed by atoms with E-state index < -0.39 is 0 Å². The average molecular weight is 310 g/mol. The summed E-state index contributed by atoms with van der Waals surface area (Å²) in [6, 6.07) is 0.384. The normalized spacial score (nSPS) is 22.8. The predicted octanol–water partition coefficient (Wildman–Crippen LogP) is 2.96. The minimum absolute atomic E-state index is 0.0202. The summed E-state index contributed by atoms with van der Waals surface area (Å²) in [5.41, 5.74) is 0.495. The third-order valence-electron chi connectivity index (χ3n) is 4.73. The summed E-state index contributed by atoms with van der Waals surface area (Å²) in [4.78, 5) is 15.0. The van der Waals surface area contributed by atoms with E-state index in [4.69, 9.17) is 9.47 Å². The Labute approximate surface area is 129 Å². The fourth-order valence-electron chi connectivity index (χ4n) is 3.74. The van der Waals surface area contributed by atoms with Crippen molar-refractivity contribution in [3.8, 4) is 10.9 Å². The van der Waals surface area contributed by atoms with Gasteiger partial charge in [-0.15, -0.1) is 0 Å². The zero-order chi connectivity index (χ0) is 14.8. The minimum Gasteiger partial charge on any atom is -0.485 e. The lowest BCUT2D eigenvalue weighted by Gasteiger charge is -2.29. The van der Waals surface area contributed by atoms with Crippen molar-refractivity contribution in [2.75, 3.05) is 20.8 Å². The van der Waals surface area contributed by atoms with Crippen LogP contribution < -0.4 is 9.47 Å². The number of hydrogen-bond acceptors (Lipinski definition) is 5. The van der Waals surface area contributed by atoms with Crippen molar-refractivity contribution in [1.82, 2.24) is 9.27 Å². The van der Waals surface area contributed by atoms with Crippen molar-refractivity contribution in [1.29, 1.82) is 0 Å². The highest BCUT2D eigenvalue weighted by molar-refractivity contribution is 7.08. The summed E-state index contributed by atoms with van der Waals surface area (Å²) in [6.07, 6.45) is 7.33. The molecule has 2 heterocycles. The molecule has 3 rings (SSSR count). The fraction of sp³-hybridized carbons (Fsp3) is 0.733. The molecule has 1 aromatic heterocycles. The van der Waals surface area contributed by atoms with Crippen molar-refractivity contribution in [2.45, 2.75) is 44.6 Å². The van der Waals surface area contributed by atoms with Crippen LogP contribution in [0.5, 0.6) is 10.9 Å². The first-order valence-electron chi connectivity index (χ1n) is 7.65. The van der Waals surface area contributed by atoms with Crippen LogP contribution in [-0.4, -0.2) is 42.0 Å². The number of carbonyl (C=O) groups excluding carboxylic acids is 1. The van der Waals surface area contributed by atoms with E-state index in [1.165, 1.54) is 37.2 Å². The molecule has 0 bridgehead atoms. The molecule has 2 fully saturated rings. The molecule has 1 atom stereocenters. The molecule has 6 heteroatoms. The third kappa shape index (κ3) is 2.61. The first-order chi connectivity index (χ1) is 10.3. The second-order valence-electron chi connectivity index (χ2n) is 5.81. The zero-order valence-corrected chi connectivity index (χ0v) is 13.4. The summed E-state index contributed by atoms with van der Waals surface area (Å²) in [6.45, 7) is 0.835. The number of likely N-dealkylation sites (tertiary alicyclic amines) is 1. The molecule has 1 saturated carbocycles. The molecule has 1 amide bonds. The van der Waals surface area contributed by atoms with Gasteiger partial charge in [-0.3, -0.25) is 4.79 Å². The first-order valence-corrected chi connectivity index (χ1v) is 8.42. The molecule has 0 spiro atoms. The Balaban J connectivity index is 1.85. The van der Waals surface area contributed by atoms with Gasteiger partial charge in [-0.2, -0.15) is 4.37 Å². The first kappa shape index (κ1) is 14.6. The number of carbonyl (C=O) groups is 1. The Kier molecular flexibility index (Phi) is 4.33. The number of rotatable bonds is 4. The molecular formula is C15H22N2O3S. The van der Waals surface area contributed by atoms with Gasteiger partial charge in [0.25, 0.3) is 5.91 Å². The molecule has 0 radical (unpaired) electrons. The maximum absolute atomic E-state index is 13.0. The molecule has 1 saturated heterocycles. The van der Waals surface area contributed by atoms with Crippen LogP contribution in [0.3, 0.4) is 0 Å². The number of nitrogens with zero attached hydrogens (tertiary/aromatic N) is 2. The molecule has 2 aliphatic rings. The van der Waals surface area contributed by atoms with Crippen molar-refractivity contribution < 1.29 is 14.3 Å². The third-order valence-corrected chi connectivity index (χ3v) is 5.52. The Morgan fingerprint density at radius 2 is 1.95 bits per heavy atom. The van der Waals surface area contributed by atoms with Crippen LogP contribution in [0.15, 0.2) is 0 Å². The van der Waals surface area contributed by atoms with E-state index in [0.717, 1.165) is 19.4 Å². The summed E-state index contributed by atoms with van der Waals surface area (Å²) < 4.78 is 14.7. The van der Waals surface area contributed by atoms with E-state index in [-0.39, 0.29) is 5.91 Å². The second kappa shape index (κ2) is 6.22. The Hall–Kier alpha value is -1.30. The molecule has 0 N–H and O–H groups in total. The highest BCUT2D eigenvalue weighted by atomic mass is 32.1. The van der Waals surface area contributed by atoms with Crippen LogP contribution in [0.2, 0.25) is 0 Å². The molecule has 116 valence electrons. The van der Waals surface area contributed by atoms with Gasteiger partial charge in [-0.1, -0.05) is 12.8 Å². The van der Waals surface area contributed by atoms with E-state index in [0.29, 0.717) is 28.5 Å². The van der Waals surface area contributed by atoms with Crippen molar-refractivity contribution in [2.24, 2.45) is 5.92 Å². The molecule has 1 aliphatic heterocycles. The molecule has 0 aromatic carbocycles. The minimum atomic E-state index is 0.0202. The summed E-state index contributed by atoms with van der Waals surface area (Å²) in [5.74, 6) is 1.07. The molecule has 1 aliphatic carbocycles. The van der Waals surface area contributed by atoms with Gasteiger partial charge in [-0.25, -0.2) is 0 Å². The van der Waals surface area contributed by atoms with Gasteiger partial charge in [-0.05, 0) is 31.6 Å². The number of aromatic nitrogens is 1. The molecule has 1 unspecified atom stereocenters. The van der Waals surface area contributed by atoms with Gasteiger partial charge < -0.3 is 14.4 Å². The van der Waals surface area contributed by atoms with Crippen LogP contribution in [0, 0.1) is 5.92 Å². The molecule has 1 aromatic rings. The summed E-state index contributed by atoms with van der Waals surface area (Å²) >= 11 is 1.18. The maximum atomic E-state index is 13.0. The van der Waals surface area contributed by atoms with Crippen LogP contribution in [0.1, 0.15) is 48.9 Å². The van der Waals surface area contributed by atoms with Crippen molar-refractivity contribution in [3.05, 3.63) is 5.56 Å². The predicted molar refractivity (Wildman–Crippen MR) is 81.2 cm³/mol. The Morgan fingerprint density at radius 1 is 1.19 bits per heavy atom. The molecule has 21 heavy (non-hydrogen) atoms. The van der Waals surface area contributed by atoms with E-state index in [1.807, 2.05) is 4.90 Å². The van der Waals surface area contributed by atoms with E-state index in [2.05, 4.69) is 4.37 Å². The quantitative estimate of drug-likeness (QED) is 0.858. The lowest BCUT2D eigenvalue weighted by Crippen LogP contribution is -2.39. The number of hydrogen-bond donors (Lipinski definition) is 0. The van der Waals surface area contributed by atoms with E-state index >= 15 is 0 Å². The average Bonchev–Trinajstić information content (AvgIpc) is 3.23. The van der Waals surface area contributed by atoms with Crippen molar-refractivity contribution >= 4 is 17.4 Å². The largest absolute Gasteiger partial charge is 0.485 e. The van der Waals surface area contributed by atoms with Crippen LogP contribution in [0.4, 0.5) is 0 Å². The van der Waals surface area contributed by atoms with Crippen LogP contribution in [-0.2, 0) is 0 Å². The Morgan fingerprint density at radius 3 is 2.62 bits per heavy atom. The van der Waals surface area contributed by atoms with Crippen LogP contribution >= 0.6 is 11.5 Å². The van der Waals surface area contributed by atoms with E-state index in [1.54, 1.807) is 14.2 Å². The van der Waals surface area contributed by atoms with E-state index in [9.17, 15) is 4.79 Å².